The zero-order valence-electron chi connectivity index (χ0n) is 11.5. The van der Waals surface area contributed by atoms with Crippen molar-refractivity contribution in [2.24, 2.45) is 5.73 Å². The maximum absolute atomic E-state index is 9.27. The summed E-state index contributed by atoms with van der Waals surface area (Å²) >= 11 is 1.61. The van der Waals surface area contributed by atoms with Crippen LogP contribution in [0.4, 0.5) is 0 Å². The molecule has 0 aliphatic carbocycles. The van der Waals surface area contributed by atoms with E-state index in [4.69, 9.17) is 10.3 Å². The molecule has 0 aliphatic rings. The molecule has 21 heavy (non-hydrogen) atoms. The van der Waals surface area contributed by atoms with E-state index in [1.165, 1.54) is 0 Å². The maximum atomic E-state index is 9.27. The highest BCUT2D eigenvalue weighted by Gasteiger charge is 2.17. The fourth-order valence-electron chi connectivity index (χ4n) is 2.06. The van der Waals surface area contributed by atoms with Crippen molar-refractivity contribution in [3.63, 3.8) is 0 Å². The van der Waals surface area contributed by atoms with Gasteiger partial charge < -0.3 is 15.4 Å². The third kappa shape index (κ3) is 2.96. The highest BCUT2D eigenvalue weighted by molar-refractivity contribution is 7.08. The summed E-state index contributed by atoms with van der Waals surface area (Å²) in [5, 5.41) is 17.3. The van der Waals surface area contributed by atoms with Crippen LogP contribution in [0.3, 0.4) is 0 Å². The van der Waals surface area contributed by atoms with Crippen molar-refractivity contribution >= 4 is 11.3 Å². The van der Waals surface area contributed by atoms with Crippen LogP contribution in [-0.2, 0) is 6.42 Å². The minimum atomic E-state index is -0.366. The molecule has 3 aromatic rings. The molecular weight excluding hydrogens is 286 g/mol. The topological polar surface area (TPSA) is 85.2 Å². The lowest BCUT2D eigenvalue weighted by Gasteiger charge is -2.06. The highest BCUT2D eigenvalue weighted by atomic mass is 32.1. The number of phenolic OH excluding ortho intramolecular Hbond substituents is 1. The zero-order valence-corrected chi connectivity index (χ0v) is 12.3. The van der Waals surface area contributed by atoms with Gasteiger partial charge >= 0.3 is 0 Å². The van der Waals surface area contributed by atoms with E-state index in [0.29, 0.717) is 18.1 Å². The predicted molar refractivity (Wildman–Crippen MR) is 81.1 cm³/mol. The molecule has 1 unspecified atom stereocenters. The molecule has 5 nitrogen and oxygen atoms in total. The van der Waals surface area contributed by atoms with E-state index < -0.39 is 0 Å². The van der Waals surface area contributed by atoms with Gasteiger partial charge in [-0.3, -0.25) is 0 Å². The van der Waals surface area contributed by atoms with E-state index in [-0.39, 0.29) is 11.8 Å². The van der Waals surface area contributed by atoms with Gasteiger partial charge in [0.25, 0.3) is 0 Å². The Morgan fingerprint density at radius 2 is 2.05 bits per heavy atom. The number of hydrogen-bond donors (Lipinski definition) is 2. The Kier molecular flexibility index (Phi) is 3.72. The summed E-state index contributed by atoms with van der Waals surface area (Å²) in [6.07, 6.45) is 0.574. The lowest BCUT2D eigenvalue weighted by Crippen LogP contribution is -2.13. The average Bonchev–Trinajstić information content (AvgIpc) is 3.09. The van der Waals surface area contributed by atoms with Crippen molar-refractivity contribution in [1.82, 2.24) is 10.1 Å². The molecule has 108 valence electrons. The molecule has 0 saturated carbocycles. The molecule has 1 atom stereocenters. The fraction of sp³-hybridized carbons (Fsp3) is 0.200. The fourth-order valence-corrected chi connectivity index (χ4v) is 2.88. The smallest absolute Gasteiger partial charge is 0.244 e. The van der Waals surface area contributed by atoms with E-state index in [2.05, 4.69) is 10.1 Å². The summed E-state index contributed by atoms with van der Waals surface area (Å²) in [5.41, 5.74) is 9.22. The summed E-state index contributed by atoms with van der Waals surface area (Å²) in [6, 6.07) is 6.56. The van der Waals surface area contributed by atoms with E-state index in [1.807, 2.05) is 29.8 Å². The van der Waals surface area contributed by atoms with Gasteiger partial charge in [0.15, 0.2) is 0 Å². The number of rotatable bonds is 4. The van der Waals surface area contributed by atoms with Gasteiger partial charge in [0.2, 0.25) is 11.7 Å². The van der Waals surface area contributed by atoms with Crippen LogP contribution in [0.15, 0.2) is 39.5 Å². The molecule has 0 amide bonds. The lowest BCUT2D eigenvalue weighted by molar-refractivity contribution is 0.354. The van der Waals surface area contributed by atoms with Gasteiger partial charge in [-0.25, -0.2) is 0 Å². The molecule has 0 fully saturated rings. The Bertz CT molecular complexity index is 733. The van der Waals surface area contributed by atoms with Crippen molar-refractivity contribution < 1.29 is 9.63 Å². The Balaban J connectivity index is 1.76. The normalized spacial score (nSPS) is 12.5. The quantitative estimate of drug-likeness (QED) is 0.773. The Hall–Kier alpha value is -2.18. The molecule has 3 N–H and O–H groups in total. The van der Waals surface area contributed by atoms with Gasteiger partial charge in [-0.15, -0.1) is 0 Å². The second-order valence-electron chi connectivity index (χ2n) is 4.90. The number of nitrogens with zero attached hydrogens (tertiary/aromatic N) is 2. The molecule has 6 heteroatoms. The summed E-state index contributed by atoms with van der Waals surface area (Å²) in [6.45, 7) is 2.01. The Labute approximate surface area is 126 Å². The van der Waals surface area contributed by atoms with Crippen molar-refractivity contribution in [1.29, 1.82) is 0 Å². The minimum Gasteiger partial charge on any atom is -0.508 e. The Morgan fingerprint density at radius 1 is 1.29 bits per heavy atom. The monoisotopic (exact) mass is 301 g/mol. The van der Waals surface area contributed by atoms with Crippen LogP contribution in [-0.4, -0.2) is 15.2 Å². The second-order valence-corrected chi connectivity index (χ2v) is 5.65. The zero-order chi connectivity index (χ0) is 14.8. The van der Waals surface area contributed by atoms with E-state index in [9.17, 15) is 5.11 Å². The summed E-state index contributed by atoms with van der Waals surface area (Å²) in [5.74, 6) is 1.23. The van der Waals surface area contributed by atoms with Crippen LogP contribution >= 0.6 is 11.3 Å². The third-order valence-electron chi connectivity index (χ3n) is 3.25. The molecule has 0 saturated heterocycles. The summed E-state index contributed by atoms with van der Waals surface area (Å²) < 4.78 is 5.27. The molecule has 3 rings (SSSR count). The lowest BCUT2D eigenvalue weighted by atomic mass is 10.1. The highest BCUT2D eigenvalue weighted by Crippen LogP contribution is 2.25. The number of aryl methyl sites for hydroxylation is 1. The molecular formula is C15H15N3O2S. The van der Waals surface area contributed by atoms with Gasteiger partial charge in [0.05, 0.1) is 6.04 Å². The van der Waals surface area contributed by atoms with Crippen LogP contribution in [0.25, 0.3) is 11.4 Å². The molecule has 2 aromatic heterocycles. The second kappa shape index (κ2) is 5.67. The number of aromatic hydroxyl groups is 1. The van der Waals surface area contributed by atoms with Crippen molar-refractivity contribution in [2.45, 2.75) is 19.4 Å². The maximum Gasteiger partial charge on any atom is 0.244 e. The third-order valence-corrected chi connectivity index (χ3v) is 4.11. The van der Waals surface area contributed by atoms with Crippen LogP contribution in [0.2, 0.25) is 0 Å². The van der Waals surface area contributed by atoms with Gasteiger partial charge in [0.1, 0.15) is 5.75 Å². The number of nitrogens with two attached hydrogens (primary N) is 1. The van der Waals surface area contributed by atoms with E-state index >= 15 is 0 Å². The summed E-state index contributed by atoms with van der Waals surface area (Å²) in [4.78, 5) is 4.38. The molecule has 0 aliphatic heterocycles. The largest absolute Gasteiger partial charge is 0.508 e. The van der Waals surface area contributed by atoms with E-state index in [1.54, 1.807) is 23.5 Å². The van der Waals surface area contributed by atoms with Gasteiger partial charge in [-0.2, -0.15) is 16.3 Å². The van der Waals surface area contributed by atoms with Gasteiger partial charge in [0, 0.05) is 10.9 Å². The van der Waals surface area contributed by atoms with Crippen LogP contribution in [0, 0.1) is 6.92 Å². The van der Waals surface area contributed by atoms with Crippen LogP contribution < -0.4 is 5.73 Å². The van der Waals surface area contributed by atoms with E-state index in [0.717, 1.165) is 16.7 Å². The number of aromatic nitrogens is 2. The molecule has 2 heterocycles. The number of hydrogen-bond acceptors (Lipinski definition) is 6. The SMILES string of the molecule is Cc1cscc1-c1noc(C(N)Cc2ccc(O)cc2)n1. The molecule has 0 radical (unpaired) electrons. The van der Waals surface area contributed by atoms with Gasteiger partial charge in [-0.05, 0) is 42.0 Å². The van der Waals surface area contributed by atoms with Crippen molar-refractivity contribution in [3.8, 4) is 17.1 Å². The first kappa shape index (κ1) is 13.8. The molecule has 0 bridgehead atoms. The first-order valence-corrected chi connectivity index (χ1v) is 7.48. The molecule has 1 aromatic carbocycles. The Morgan fingerprint density at radius 3 is 2.71 bits per heavy atom. The van der Waals surface area contributed by atoms with Crippen molar-refractivity contribution in [3.05, 3.63) is 52.0 Å². The first-order chi connectivity index (χ1) is 10.1. The first-order valence-electron chi connectivity index (χ1n) is 6.54. The van der Waals surface area contributed by atoms with Gasteiger partial charge in [-0.1, -0.05) is 17.3 Å². The minimum absolute atomic E-state index is 0.236. The van der Waals surface area contributed by atoms with Crippen molar-refractivity contribution in [2.75, 3.05) is 0 Å². The molecule has 0 spiro atoms. The standard InChI is InChI=1S/C15H15N3O2S/c1-9-7-21-8-12(9)14-17-15(20-18-14)13(16)6-10-2-4-11(19)5-3-10/h2-5,7-8,13,19H,6,16H2,1H3. The van der Waals surface area contributed by atoms with Crippen LogP contribution in [0.5, 0.6) is 5.75 Å². The van der Waals surface area contributed by atoms with Crippen LogP contribution in [0.1, 0.15) is 23.1 Å². The average molecular weight is 301 g/mol. The number of benzene rings is 1. The number of thiophene rings is 1. The number of phenols is 1. The summed E-state index contributed by atoms with van der Waals surface area (Å²) in [7, 11) is 0. The predicted octanol–water partition coefficient (Wildman–Crippen LogP) is 3.05.